The van der Waals surface area contributed by atoms with Crippen LogP contribution in [0.5, 0.6) is 5.75 Å². The van der Waals surface area contributed by atoms with E-state index in [2.05, 4.69) is 5.32 Å². The van der Waals surface area contributed by atoms with Gasteiger partial charge in [0, 0.05) is 18.1 Å². The molecule has 0 aromatic heterocycles. The van der Waals surface area contributed by atoms with Crippen LogP contribution in [0.3, 0.4) is 0 Å². The van der Waals surface area contributed by atoms with Crippen LogP contribution in [0.1, 0.15) is 31.9 Å². The lowest BCUT2D eigenvalue weighted by Crippen LogP contribution is -2.48. The minimum Gasteiger partial charge on any atom is -0.497 e. The van der Waals surface area contributed by atoms with Crippen LogP contribution in [0.25, 0.3) is 0 Å². The van der Waals surface area contributed by atoms with Crippen molar-refractivity contribution in [2.75, 3.05) is 13.7 Å². The van der Waals surface area contributed by atoms with Crippen molar-refractivity contribution in [1.82, 2.24) is 10.2 Å². The molecule has 0 spiro atoms. The number of carbonyl (C=O) groups is 2. The van der Waals surface area contributed by atoms with E-state index in [-0.39, 0.29) is 18.2 Å². The van der Waals surface area contributed by atoms with Crippen molar-refractivity contribution in [3.05, 3.63) is 64.7 Å². The molecule has 0 unspecified atom stereocenters. The van der Waals surface area contributed by atoms with Gasteiger partial charge in [0.1, 0.15) is 11.8 Å². The molecule has 2 aromatic carbocycles. The van der Waals surface area contributed by atoms with Crippen LogP contribution in [-0.2, 0) is 22.6 Å². The number of halogens is 1. The van der Waals surface area contributed by atoms with E-state index in [9.17, 15) is 9.59 Å². The topological polar surface area (TPSA) is 58.6 Å². The van der Waals surface area contributed by atoms with Crippen LogP contribution in [0, 0.1) is 5.92 Å². The van der Waals surface area contributed by atoms with E-state index in [1.54, 1.807) is 25.0 Å². The fourth-order valence-electron chi connectivity index (χ4n) is 2.91. The number of amides is 2. The summed E-state index contributed by atoms with van der Waals surface area (Å²) in [6.07, 6.45) is 0.130. The van der Waals surface area contributed by atoms with Crippen molar-refractivity contribution in [1.29, 1.82) is 0 Å². The second-order valence-electron chi connectivity index (χ2n) is 7.46. The number of benzene rings is 2. The van der Waals surface area contributed by atoms with Crippen molar-refractivity contribution in [3.63, 3.8) is 0 Å². The largest absolute Gasteiger partial charge is 0.497 e. The number of hydrogen-bond acceptors (Lipinski definition) is 3. The number of nitrogens with zero attached hydrogens (tertiary/aromatic N) is 1. The Morgan fingerprint density at radius 3 is 2.48 bits per heavy atom. The summed E-state index contributed by atoms with van der Waals surface area (Å²) in [4.78, 5) is 27.4. The van der Waals surface area contributed by atoms with Gasteiger partial charge in [0.05, 0.1) is 13.5 Å². The van der Waals surface area contributed by atoms with Gasteiger partial charge in [-0.1, -0.05) is 55.8 Å². The van der Waals surface area contributed by atoms with Gasteiger partial charge in [-0.3, -0.25) is 9.59 Å². The molecule has 0 bridgehead atoms. The predicted molar refractivity (Wildman–Crippen MR) is 116 cm³/mol. The molecule has 0 heterocycles. The third kappa shape index (κ3) is 6.79. The lowest BCUT2D eigenvalue weighted by Gasteiger charge is -2.29. The maximum absolute atomic E-state index is 13.2. The number of ether oxygens (including phenoxy) is 1. The highest BCUT2D eigenvalue weighted by molar-refractivity contribution is 6.31. The third-order valence-electron chi connectivity index (χ3n) is 4.64. The van der Waals surface area contributed by atoms with Crippen molar-refractivity contribution in [2.24, 2.45) is 5.92 Å². The molecular formula is C23H29ClN2O3. The minimum absolute atomic E-state index is 0.130. The Labute approximate surface area is 178 Å². The van der Waals surface area contributed by atoms with Crippen molar-refractivity contribution < 1.29 is 14.3 Å². The minimum atomic E-state index is -0.616. The van der Waals surface area contributed by atoms with E-state index in [0.717, 1.165) is 11.1 Å². The molecule has 0 fully saturated rings. The fraction of sp³-hybridized carbons (Fsp3) is 0.391. The summed E-state index contributed by atoms with van der Waals surface area (Å²) in [7, 11) is 1.60. The van der Waals surface area contributed by atoms with Crippen LogP contribution >= 0.6 is 11.6 Å². The standard InChI is InChI=1S/C23H29ClN2O3/c1-16(2)14-25-23(28)17(3)26(15-18-8-7-10-20(12-18)29-4)22(27)13-19-9-5-6-11-21(19)24/h5-12,16-17H,13-15H2,1-4H3,(H,25,28)/t17-/m0/s1. The second kappa shape index (κ2) is 10.9. The second-order valence-corrected chi connectivity index (χ2v) is 7.86. The molecule has 2 aromatic rings. The Balaban J connectivity index is 2.24. The molecule has 2 amide bonds. The van der Waals surface area contributed by atoms with Gasteiger partial charge in [-0.15, -0.1) is 0 Å². The lowest BCUT2D eigenvalue weighted by atomic mass is 10.1. The van der Waals surface area contributed by atoms with E-state index in [1.807, 2.05) is 56.3 Å². The number of methoxy groups -OCH3 is 1. The average molecular weight is 417 g/mol. The number of carbonyl (C=O) groups excluding carboxylic acids is 2. The highest BCUT2D eigenvalue weighted by Crippen LogP contribution is 2.20. The number of rotatable bonds is 9. The van der Waals surface area contributed by atoms with E-state index in [1.165, 1.54) is 0 Å². The first-order valence-electron chi connectivity index (χ1n) is 9.75. The first kappa shape index (κ1) is 22.8. The number of nitrogens with one attached hydrogen (secondary N) is 1. The molecule has 0 aliphatic rings. The molecular weight excluding hydrogens is 388 g/mol. The third-order valence-corrected chi connectivity index (χ3v) is 5.01. The van der Waals surface area contributed by atoms with Crippen molar-refractivity contribution >= 4 is 23.4 Å². The average Bonchev–Trinajstić information content (AvgIpc) is 2.71. The Kier molecular flexibility index (Phi) is 8.52. The summed E-state index contributed by atoms with van der Waals surface area (Å²) >= 11 is 6.23. The quantitative estimate of drug-likeness (QED) is 0.670. The molecule has 1 atom stereocenters. The Morgan fingerprint density at radius 2 is 1.83 bits per heavy atom. The van der Waals surface area contributed by atoms with E-state index in [4.69, 9.17) is 16.3 Å². The zero-order chi connectivity index (χ0) is 21.4. The lowest BCUT2D eigenvalue weighted by molar-refractivity contribution is -0.140. The predicted octanol–water partition coefficient (Wildman–Crippen LogP) is 4.08. The fourth-order valence-corrected chi connectivity index (χ4v) is 3.11. The van der Waals surface area contributed by atoms with Gasteiger partial charge in [0.2, 0.25) is 11.8 Å². The van der Waals surface area contributed by atoms with Crippen LogP contribution < -0.4 is 10.1 Å². The van der Waals surface area contributed by atoms with Gasteiger partial charge in [-0.05, 0) is 42.2 Å². The molecule has 1 N–H and O–H groups in total. The van der Waals surface area contributed by atoms with Gasteiger partial charge < -0.3 is 15.0 Å². The van der Waals surface area contributed by atoms with Gasteiger partial charge in [-0.2, -0.15) is 0 Å². The van der Waals surface area contributed by atoms with Crippen LogP contribution in [0.2, 0.25) is 5.02 Å². The highest BCUT2D eigenvalue weighted by Gasteiger charge is 2.26. The summed E-state index contributed by atoms with van der Waals surface area (Å²) in [5, 5.41) is 3.46. The van der Waals surface area contributed by atoms with Gasteiger partial charge in [0.25, 0.3) is 0 Å². The van der Waals surface area contributed by atoms with E-state index in [0.29, 0.717) is 29.8 Å². The van der Waals surface area contributed by atoms with Crippen LogP contribution in [-0.4, -0.2) is 36.4 Å². The zero-order valence-electron chi connectivity index (χ0n) is 17.4. The highest BCUT2D eigenvalue weighted by atomic mass is 35.5. The Morgan fingerprint density at radius 1 is 1.10 bits per heavy atom. The first-order chi connectivity index (χ1) is 13.8. The molecule has 29 heavy (non-hydrogen) atoms. The maximum Gasteiger partial charge on any atom is 0.242 e. The summed E-state index contributed by atoms with van der Waals surface area (Å²) in [6.45, 7) is 6.68. The molecule has 5 nitrogen and oxygen atoms in total. The van der Waals surface area contributed by atoms with Crippen molar-refractivity contribution in [3.8, 4) is 5.75 Å². The molecule has 0 saturated heterocycles. The molecule has 0 aliphatic carbocycles. The van der Waals surface area contributed by atoms with Crippen LogP contribution in [0.15, 0.2) is 48.5 Å². The molecule has 6 heteroatoms. The molecule has 0 radical (unpaired) electrons. The molecule has 156 valence electrons. The number of hydrogen-bond donors (Lipinski definition) is 1. The van der Waals surface area contributed by atoms with Crippen molar-refractivity contribution in [2.45, 2.75) is 39.8 Å². The van der Waals surface area contributed by atoms with E-state index < -0.39 is 6.04 Å². The Bertz CT molecular complexity index is 838. The van der Waals surface area contributed by atoms with E-state index >= 15 is 0 Å². The van der Waals surface area contributed by atoms with Gasteiger partial charge in [0.15, 0.2) is 0 Å². The SMILES string of the molecule is COc1cccc(CN(C(=O)Cc2ccccc2Cl)[C@@H](C)C(=O)NCC(C)C)c1. The first-order valence-corrected chi connectivity index (χ1v) is 10.1. The monoisotopic (exact) mass is 416 g/mol. The zero-order valence-corrected chi connectivity index (χ0v) is 18.2. The molecule has 2 rings (SSSR count). The summed E-state index contributed by atoms with van der Waals surface area (Å²) in [5.74, 6) is 0.706. The smallest absolute Gasteiger partial charge is 0.242 e. The normalized spacial score (nSPS) is 11.8. The summed E-state index contributed by atoms with van der Waals surface area (Å²) in [6, 6.07) is 14.1. The summed E-state index contributed by atoms with van der Waals surface area (Å²) < 4.78 is 5.28. The summed E-state index contributed by atoms with van der Waals surface area (Å²) in [5.41, 5.74) is 1.63. The van der Waals surface area contributed by atoms with Gasteiger partial charge in [-0.25, -0.2) is 0 Å². The maximum atomic E-state index is 13.2. The molecule has 0 saturated carbocycles. The van der Waals surface area contributed by atoms with Crippen LogP contribution in [0.4, 0.5) is 0 Å². The Hall–Kier alpha value is -2.53. The van der Waals surface area contributed by atoms with Gasteiger partial charge >= 0.3 is 0 Å². The molecule has 0 aliphatic heterocycles.